The first-order valence-electron chi connectivity index (χ1n) is 4.32. The molecule has 0 aromatic heterocycles. The summed E-state index contributed by atoms with van der Waals surface area (Å²) in [4.78, 5) is 0. The molecule has 2 N–H and O–H groups in total. The van der Waals surface area contributed by atoms with Crippen LogP contribution in [0, 0.1) is 0 Å². The van der Waals surface area contributed by atoms with E-state index in [1.165, 1.54) is 0 Å². The highest BCUT2D eigenvalue weighted by molar-refractivity contribution is 5.46. The fourth-order valence-electron chi connectivity index (χ4n) is 1.74. The van der Waals surface area contributed by atoms with Crippen molar-refractivity contribution in [1.29, 1.82) is 0 Å². The first-order valence-corrected chi connectivity index (χ1v) is 4.32. The Kier molecular flexibility index (Phi) is 1.75. The van der Waals surface area contributed by atoms with Crippen molar-refractivity contribution < 1.29 is 8.78 Å². The van der Waals surface area contributed by atoms with Gasteiger partial charge in [0.1, 0.15) is 0 Å². The van der Waals surface area contributed by atoms with E-state index in [0.717, 1.165) is 5.56 Å². The molecule has 0 fully saturated rings. The summed E-state index contributed by atoms with van der Waals surface area (Å²) < 4.78 is 25.9. The van der Waals surface area contributed by atoms with Gasteiger partial charge in [-0.2, -0.15) is 0 Å². The van der Waals surface area contributed by atoms with E-state index >= 15 is 0 Å². The minimum absolute atomic E-state index is 0.0378. The van der Waals surface area contributed by atoms with Gasteiger partial charge < -0.3 is 5.73 Å². The molecular weight excluding hydrogens is 172 g/mol. The molecule has 0 amide bonds. The zero-order valence-electron chi connectivity index (χ0n) is 7.19. The van der Waals surface area contributed by atoms with Crippen LogP contribution in [0.15, 0.2) is 18.2 Å². The van der Waals surface area contributed by atoms with Crippen LogP contribution in [0.4, 0.5) is 14.5 Å². The van der Waals surface area contributed by atoms with Gasteiger partial charge in [-0.05, 0) is 29.7 Å². The molecule has 13 heavy (non-hydrogen) atoms. The quantitative estimate of drug-likeness (QED) is 0.614. The van der Waals surface area contributed by atoms with Gasteiger partial charge in [0, 0.05) is 18.5 Å². The lowest BCUT2D eigenvalue weighted by Gasteiger charge is -2.24. The molecule has 0 spiro atoms. The van der Waals surface area contributed by atoms with Gasteiger partial charge in [0.25, 0.3) is 5.92 Å². The SMILES string of the molecule is Nc1ccc2c(c1)CC(F)(F)CC2. The Balaban J connectivity index is 2.38. The topological polar surface area (TPSA) is 26.0 Å². The van der Waals surface area contributed by atoms with E-state index in [2.05, 4.69) is 0 Å². The molecule has 0 saturated heterocycles. The lowest BCUT2D eigenvalue weighted by atomic mass is 9.89. The average Bonchev–Trinajstić information content (AvgIpc) is 2.01. The minimum Gasteiger partial charge on any atom is -0.399 e. The van der Waals surface area contributed by atoms with Gasteiger partial charge in [-0.3, -0.25) is 0 Å². The van der Waals surface area contributed by atoms with Crippen LogP contribution in [-0.2, 0) is 12.8 Å². The number of nitrogen functional groups attached to an aromatic ring is 1. The Bertz CT molecular complexity index is 334. The zero-order valence-corrected chi connectivity index (χ0v) is 7.19. The molecule has 1 aromatic carbocycles. The Morgan fingerprint density at radius 3 is 2.77 bits per heavy atom. The number of anilines is 1. The normalized spacial score (nSPS) is 19.5. The van der Waals surface area contributed by atoms with Crippen LogP contribution in [0.25, 0.3) is 0 Å². The Morgan fingerprint density at radius 2 is 2.00 bits per heavy atom. The summed E-state index contributed by atoms with van der Waals surface area (Å²) >= 11 is 0. The van der Waals surface area contributed by atoms with Gasteiger partial charge in [-0.1, -0.05) is 6.07 Å². The molecule has 1 aromatic rings. The highest BCUT2D eigenvalue weighted by Crippen LogP contribution is 2.33. The summed E-state index contributed by atoms with van der Waals surface area (Å²) in [5.74, 6) is -2.54. The minimum atomic E-state index is -2.54. The third kappa shape index (κ3) is 1.64. The monoisotopic (exact) mass is 183 g/mol. The maximum absolute atomic E-state index is 13.0. The van der Waals surface area contributed by atoms with Crippen molar-refractivity contribution in [3.05, 3.63) is 29.3 Å². The third-order valence-electron chi connectivity index (χ3n) is 2.44. The van der Waals surface area contributed by atoms with Gasteiger partial charge in [-0.15, -0.1) is 0 Å². The molecule has 1 nitrogen and oxygen atoms in total. The average molecular weight is 183 g/mol. The number of halogens is 2. The Labute approximate surface area is 75.6 Å². The molecule has 0 saturated carbocycles. The number of alkyl halides is 2. The zero-order chi connectivity index (χ0) is 9.47. The van der Waals surface area contributed by atoms with E-state index in [4.69, 9.17) is 5.73 Å². The first-order chi connectivity index (χ1) is 6.07. The summed E-state index contributed by atoms with van der Waals surface area (Å²) in [6, 6.07) is 5.27. The van der Waals surface area contributed by atoms with Crippen molar-refractivity contribution in [2.75, 3.05) is 5.73 Å². The number of hydrogen-bond donors (Lipinski definition) is 1. The van der Waals surface area contributed by atoms with E-state index in [0.29, 0.717) is 17.7 Å². The van der Waals surface area contributed by atoms with Crippen LogP contribution in [0.5, 0.6) is 0 Å². The van der Waals surface area contributed by atoms with Crippen molar-refractivity contribution in [3.8, 4) is 0 Å². The molecule has 0 unspecified atom stereocenters. The van der Waals surface area contributed by atoms with Gasteiger partial charge in [-0.25, -0.2) is 8.78 Å². The fourth-order valence-corrected chi connectivity index (χ4v) is 1.74. The lowest BCUT2D eigenvalue weighted by molar-refractivity contribution is -0.0122. The van der Waals surface area contributed by atoms with Crippen LogP contribution in [0.2, 0.25) is 0 Å². The van der Waals surface area contributed by atoms with Crippen molar-refractivity contribution in [2.24, 2.45) is 0 Å². The summed E-state index contributed by atoms with van der Waals surface area (Å²) in [6.45, 7) is 0. The number of nitrogens with two attached hydrogens (primary N) is 1. The van der Waals surface area contributed by atoms with Crippen molar-refractivity contribution in [3.63, 3.8) is 0 Å². The van der Waals surface area contributed by atoms with Gasteiger partial charge >= 0.3 is 0 Å². The molecule has 0 aliphatic heterocycles. The van der Waals surface area contributed by atoms with Crippen LogP contribution in [-0.4, -0.2) is 5.92 Å². The second-order valence-electron chi connectivity index (χ2n) is 3.56. The molecule has 0 atom stereocenters. The van der Waals surface area contributed by atoms with Crippen molar-refractivity contribution >= 4 is 5.69 Å². The smallest absolute Gasteiger partial charge is 0.252 e. The second kappa shape index (κ2) is 2.69. The molecule has 1 aliphatic rings. The largest absolute Gasteiger partial charge is 0.399 e. The Morgan fingerprint density at radius 1 is 1.23 bits per heavy atom. The third-order valence-corrected chi connectivity index (χ3v) is 2.44. The maximum Gasteiger partial charge on any atom is 0.252 e. The molecule has 0 heterocycles. The number of fused-ring (bicyclic) bond motifs is 1. The van der Waals surface area contributed by atoms with Gasteiger partial charge in [0.15, 0.2) is 0 Å². The molecular formula is C10H11F2N. The van der Waals surface area contributed by atoms with Crippen LogP contribution < -0.4 is 5.73 Å². The predicted octanol–water partition coefficient (Wildman–Crippen LogP) is 2.39. The lowest BCUT2D eigenvalue weighted by Crippen LogP contribution is -2.25. The highest BCUT2D eigenvalue weighted by atomic mass is 19.3. The van der Waals surface area contributed by atoms with E-state index in [1.54, 1.807) is 12.1 Å². The molecule has 2 rings (SSSR count). The molecule has 1 aliphatic carbocycles. The fraction of sp³-hybridized carbons (Fsp3) is 0.400. The van der Waals surface area contributed by atoms with E-state index in [-0.39, 0.29) is 12.8 Å². The summed E-state index contributed by atoms with van der Waals surface area (Å²) in [5.41, 5.74) is 7.81. The van der Waals surface area contributed by atoms with Crippen LogP contribution >= 0.6 is 0 Å². The van der Waals surface area contributed by atoms with Gasteiger partial charge in [0.05, 0.1) is 0 Å². The maximum atomic E-state index is 13.0. The van der Waals surface area contributed by atoms with Crippen molar-refractivity contribution in [2.45, 2.75) is 25.2 Å². The number of aryl methyl sites for hydroxylation is 1. The first kappa shape index (κ1) is 8.48. The standard InChI is InChI=1S/C10H11F2N/c11-10(12)4-3-7-1-2-9(13)5-8(7)6-10/h1-2,5H,3-4,6,13H2. The predicted molar refractivity (Wildman–Crippen MR) is 47.8 cm³/mol. The summed E-state index contributed by atoms with van der Waals surface area (Å²) in [5, 5.41) is 0. The molecule has 70 valence electrons. The molecule has 0 bridgehead atoms. The molecule has 0 radical (unpaired) electrons. The second-order valence-corrected chi connectivity index (χ2v) is 3.56. The van der Waals surface area contributed by atoms with E-state index < -0.39 is 5.92 Å². The summed E-state index contributed by atoms with van der Waals surface area (Å²) in [7, 11) is 0. The van der Waals surface area contributed by atoms with E-state index in [1.807, 2.05) is 6.07 Å². The highest BCUT2D eigenvalue weighted by Gasteiger charge is 2.33. The van der Waals surface area contributed by atoms with Gasteiger partial charge in [0.2, 0.25) is 0 Å². The number of benzene rings is 1. The number of hydrogen-bond acceptors (Lipinski definition) is 1. The Hall–Kier alpha value is -1.12. The molecule has 3 heteroatoms. The van der Waals surface area contributed by atoms with Crippen molar-refractivity contribution in [1.82, 2.24) is 0 Å². The van der Waals surface area contributed by atoms with Crippen LogP contribution in [0.3, 0.4) is 0 Å². The summed E-state index contributed by atoms with van der Waals surface area (Å²) in [6.07, 6.45) is 0.264. The van der Waals surface area contributed by atoms with E-state index in [9.17, 15) is 8.78 Å². The number of rotatable bonds is 0. The van der Waals surface area contributed by atoms with Crippen LogP contribution in [0.1, 0.15) is 17.5 Å².